The van der Waals surface area contributed by atoms with E-state index in [1.54, 1.807) is 6.92 Å². The fourth-order valence-electron chi connectivity index (χ4n) is 1.87. The van der Waals surface area contributed by atoms with Gasteiger partial charge in [-0.1, -0.05) is 0 Å². The molecule has 1 rings (SSSR count). The lowest BCUT2D eigenvalue weighted by atomic mass is 10.1. The summed E-state index contributed by atoms with van der Waals surface area (Å²) in [5.74, 6) is -1.78. The van der Waals surface area contributed by atoms with Crippen LogP contribution in [-0.4, -0.2) is 36.8 Å². The molecule has 1 aromatic rings. The van der Waals surface area contributed by atoms with Gasteiger partial charge in [0.15, 0.2) is 6.61 Å². The first-order chi connectivity index (χ1) is 12.1. The van der Waals surface area contributed by atoms with Crippen molar-refractivity contribution in [2.45, 2.75) is 20.8 Å². The van der Waals surface area contributed by atoms with Gasteiger partial charge in [-0.05, 0) is 74.7 Å². The predicted molar refractivity (Wildman–Crippen MR) is 122 cm³/mol. The molecule has 3 amide bonds. The van der Waals surface area contributed by atoms with E-state index in [1.165, 1.54) is 13.8 Å². The van der Waals surface area contributed by atoms with Crippen molar-refractivity contribution < 1.29 is 23.9 Å². The van der Waals surface area contributed by atoms with Gasteiger partial charge in [0.2, 0.25) is 11.8 Å². The molecular weight excluding hydrogens is 683 g/mol. The summed E-state index contributed by atoms with van der Waals surface area (Å²) < 4.78 is 6.58. The molecule has 0 fully saturated rings. The number of nitrogens with one attached hydrogen (secondary N) is 3. The summed E-state index contributed by atoms with van der Waals surface area (Å²) >= 11 is 5.84. The van der Waals surface area contributed by atoms with Crippen LogP contribution in [0.15, 0.2) is 0 Å². The van der Waals surface area contributed by atoms with Crippen LogP contribution in [0.25, 0.3) is 0 Å². The van der Waals surface area contributed by atoms with E-state index in [1.807, 2.05) is 67.8 Å². The van der Waals surface area contributed by atoms with Gasteiger partial charge < -0.3 is 20.7 Å². The number of hydrogen-bond donors (Lipinski definition) is 3. The molecule has 0 aliphatic carbocycles. The third-order valence-corrected chi connectivity index (χ3v) is 6.07. The second-order valence-corrected chi connectivity index (χ2v) is 8.20. The zero-order valence-electron chi connectivity index (χ0n) is 14.1. The largest absolute Gasteiger partial charge is 0.452 e. The number of carbonyl (C=O) groups is 4. The summed E-state index contributed by atoms with van der Waals surface area (Å²) in [7, 11) is 0. The molecule has 0 saturated heterocycles. The van der Waals surface area contributed by atoms with Gasteiger partial charge in [-0.15, -0.1) is 0 Å². The molecule has 0 aliphatic rings. The zero-order chi connectivity index (χ0) is 20.0. The number of halogens is 3. The second-order valence-electron chi connectivity index (χ2n) is 4.96. The van der Waals surface area contributed by atoms with Gasteiger partial charge in [-0.3, -0.25) is 14.4 Å². The molecule has 8 nitrogen and oxygen atoms in total. The molecule has 0 bridgehead atoms. The number of hydrogen-bond acceptors (Lipinski definition) is 5. The first-order valence-electron chi connectivity index (χ1n) is 7.29. The molecule has 26 heavy (non-hydrogen) atoms. The molecule has 1 aromatic carbocycles. The Bertz CT molecular complexity index is 724. The minimum Gasteiger partial charge on any atom is -0.452 e. The highest BCUT2D eigenvalue weighted by Gasteiger charge is 2.27. The number of amides is 3. The molecular formula is C15H16I3N3O5. The lowest BCUT2D eigenvalue weighted by Gasteiger charge is -2.19. The SMILES string of the molecule is CCNC(=O)COC(=O)c1c(I)c(NC(C)=O)c(I)c(NC(C)=O)c1I. The third kappa shape index (κ3) is 6.17. The number of esters is 1. The van der Waals surface area contributed by atoms with Crippen LogP contribution in [0.3, 0.4) is 0 Å². The van der Waals surface area contributed by atoms with Crippen molar-refractivity contribution in [3.05, 3.63) is 16.3 Å². The summed E-state index contributed by atoms with van der Waals surface area (Å²) in [5, 5.41) is 7.86. The van der Waals surface area contributed by atoms with E-state index in [0.29, 0.717) is 28.6 Å². The molecule has 0 saturated carbocycles. The minimum absolute atomic E-state index is 0.170. The average Bonchev–Trinajstić information content (AvgIpc) is 2.53. The second kappa shape index (κ2) is 10.6. The maximum atomic E-state index is 12.5. The third-order valence-electron chi connectivity index (χ3n) is 2.83. The van der Waals surface area contributed by atoms with Crippen LogP contribution in [-0.2, 0) is 19.1 Å². The average molecular weight is 699 g/mol. The molecule has 3 N–H and O–H groups in total. The van der Waals surface area contributed by atoms with Crippen molar-refractivity contribution in [3.8, 4) is 0 Å². The first-order valence-corrected chi connectivity index (χ1v) is 10.5. The number of carbonyl (C=O) groups excluding carboxylic acids is 4. The van der Waals surface area contributed by atoms with Gasteiger partial charge in [0.25, 0.3) is 5.91 Å². The lowest BCUT2D eigenvalue weighted by molar-refractivity contribution is -0.124. The fourth-order valence-corrected chi connectivity index (χ4v) is 6.01. The molecule has 0 radical (unpaired) electrons. The van der Waals surface area contributed by atoms with Crippen LogP contribution in [0, 0.1) is 10.7 Å². The van der Waals surface area contributed by atoms with Gasteiger partial charge in [0.05, 0.1) is 27.6 Å². The zero-order valence-corrected chi connectivity index (χ0v) is 20.6. The lowest BCUT2D eigenvalue weighted by Crippen LogP contribution is -2.29. The summed E-state index contributed by atoms with van der Waals surface area (Å²) in [5.41, 5.74) is 0.962. The van der Waals surface area contributed by atoms with Crippen LogP contribution in [0.2, 0.25) is 0 Å². The predicted octanol–water partition coefficient (Wildman–Crippen LogP) is 2.71. The molecule has 0 aromatic heterocycles. The Morgan fingerprint density at radius 3 is 1.73 bits per heavy atom. The summed E-state index contributed by atoms with van der Waals surface area (Å²) in [6.07, 6.45) is 0. The quantitative estimate of drug-likeness (QED) is 0.313. The van der Waals surface area contributed by atoms with Crippen molar-refractivity contribution >= 4 is 103 Å². The van der Waals surface area contributed by atoms with Crippen LogP contribution in [0.4, 0.5) is 11.4 Å². The molecule has 11 heteroatoms. The monoisotopic (exact) mass is 699 g/mol. The Morgan fingerprint density at radius 1 is 0.885 bits per heavy atom. The van der Waals surface area contributed by atoms with Crippen LogP contribution in [0.1, 0.15) is 31.1 Å². The molecule has 142 valence electrons. The number of anilines is 2. The Labute approximate surface area is 191 Å². The van der Waals surface area contributed by atoms with E-state index in [-0.39, 0.29) is 17.4 Å². The number of rotatable bonds is 6. The van der Waals surface area contributed by atoms with E-state index >= 15 is 0 Å². The fraction of sp³-hybridized carbons (Fsp3) is 0.333. The van der Waals surface area contributed by atoms with Crippen LogP contribution in [0.5, 0.6) is 0 Å². The highest BCUT2D eigenvalue weighted by Crippen LogP contribution is 2.39. The Morgan fingerprint density at radius 2 is 1.35 bits per heavy atom. The standard InChI is InChI=1S/C15H16I3N3O5/c1-4-19-8(24)5-26-15(25)9-10(16)13(20-6(2)22)12(18)14(11(9)17)21-7(3)23/h4-5H2,1-3H3,(H,19,24)(H,20,22)(H,21,23). The number of benzene rings is 1. The summed E-state index contributed by atoms with van der Waals surface area (Å²) in [4.78, 5) is 47.1. The first kappa shape index (κ1) is 23.3. The van der Waals surface area contributed by atoms with Crippen LogP contribution >= 0.6 is 67.8 Å². The van der Waals surface area contributed by atoms with Gasteiger partial charge in [-0.25, -0.2) is 4.79 Å². The maximum absolute atomic E-state index is 12.5. The van der Waals surface area contributed by atoms with Gasteiger partial charge in [0, 0.05) is 20.4 Å². The van der Waals surface area contributed by atoms with E-state index in [9.17, 15) is 19.2 Å². The van der Waals surface area contributed by atoms with E-state index in [0.717, 1.165) is 0 Å². The Kier molecular flexibility index (Phi) is 9.49. The van der Waals surface area contributed by atoms with Gasteiger partial charge in [-0.2, -0.15) is 0 Å². The molecule has 0 heterocycles. The van der Waals surface area contributed by atoms with Gasteiger partial charge in [0.1, 0.15) is 0 Å². The van der Waals surface area contributed by atoms with Crippen molar-refractivity contribution in [2.75, 3.05) is 23.8 Å². The van der Waals surface area contributed by atoms with Crippen molar-refractivity contribution in [2.24, 2.45) is 0 Å². The van der Waals surface area contributed by atoms with Crippen molar-refractivity contribution in [1.29, 1.82) is 0 Å². The normalized spacial score (nSPS) is 10.1. The summed E-state index contributed by atoms with van der Waals surface area (Å²) in [6, 6.07) is 0. The van der Waals surface area contributed by atoms with Crippen molar-refractivity contribution in [1.82, 2.24) is 5.32 Å². The molecule has 0 spiro atoms. The smallest absolute Gasteiger partial charge is 0.340 e. The molecule has 0 unspecified atom stereocenters. The number of ether oxygens (including phenoxy) is 1. The van der Waals surface area contributed by atoms with Crippen LogP contribution < -0.4 is 16.0 Å². The van der Waals surface area contributed by atoms with E-state index in [2.05, 4.69) is 16.0 Å². The molecule has 0 aliphatic heterocycles. The van der Waals surface area contributed by atoms with E-state index < -0.39 is 18.5 Å². The maximum Gasteiger partial charge on any atom is 0.340 e. The highest BCUT2D eigenvalue weighted by atomic mass is 127. The topological polar surface area (TPSA) is 114 Å². The Balaban J connectivity index is 3.40. The van der Waals surface area contributed by atoms with E-state index in [4.69, 9.17) is 4.74 Å². The molecule has 0 atom stereocenters. The van der Waals surface area contributed by atoms with Gasteiger partial charge >= 0.3 is 5.97 Å². The minimum atomic E-state index is -0.723. The summed E-state index contributed by atoms with van der Waals surface area (Å²) in [6.45, 7) is 4.44. The number of likely N-dealkylation sites (N-methyl/N-ethyl adjacent to an activating group) is 1. The Hall–Kier alpha value is -0.710. The van der Waals surface area contributed by atoms with Crippen molar-refractivity contribution in [3.63, 3.8) is 0 Å². The highest BCUT2D eigenvalue weighted by molar-refractivity contribution is 14.1.